The second kappa shape index (κ2) is 6.91. The van der Waals surface area contributed by atoms with Gasteiger partial charge in [-0.05, 0) is 48.4 Å². The summed E-state index contributed by atoms with van der Waals surface area (Å²) in [6.45, 7) is 0. The van der Waals surface area contributed by atoms with Crippen molar-refractivity contribution < 1.29 is 0 Å². The summed E-state index contributed by atoms with van der Waals surface area (Å²) in [5, 5.41) is 2.62. The zero-order chi connectivity index (χ0) is 14.5. The third-order valence-corrected chi connectivity index (χ3v) is 4.57. The quantitative estimate of drug-likeness (QED) is 0.787. The highest BCUT2D eigenvalue weighted by Crippen LogP contribution is 2.22. The number of fused-ring (bicyclic) bond motifs is 1. The van der Waals surface area contributed by atoms with Crippen LogP contribution in [0.25, 0.3) is 10.8 Å². The molecule has 1 heteroatoms. The molecular formula is C20H25N. The molecule has 0 bridgehead atoms. The van der Waals surface area contributed by atoms with E-state index in [2.05, 4.69) is 48.5 Å². The predicted molar refractivity (Wildman–Crippen MR) is 91.4 cm³/mol. The third kappa shape index (κ3) is 3.74. The van der Waals surface area contributed by atoms with Crippen LogP contribution in [0.2, 0.25) is 0 Å². The Morgan fingerprint density at radius 3 is 2.62 bits per heavy atom. The van der Waals surface area contributed by atoms with Crippen molar-refractivity contribution in [3.05, 3.63) is 59.7 Å². The summed E-state index contributed by atoms with van der Waals surface area (Å²) in [4.78, 5) is 0. The summed E-state index contributed by atoms with van der Waals surface area (Å²) >= 11 is 0. The van der Waals surface area contributed by atoms with Crippen molar-refractivity contribution in [2.45, 2.75) is 51.0 Å². The first-order valence-electron chi connectivity index (χ1n) is 8.25. The van der Waals surface area contributed by atoms with Gasteiger partial charge in [0.05, 0.1) is 0 Å². The SMILES string of the molecule is NC(Cc1ccc2ccccc2c1)/C1=C/CCCCCC1. The van der Waals surface area contributed by atoms with E-state index in [0.29, 0.717) is 0 Å². The van der Waals surface area contributed by atoms with Gasteiger partial charge in [-0.2, -0.15) is 0 Å². The van der Waals surface area contributed by atoms with E-state index in [9.17, 15) is 0 Å². The number of allylic oxidation sites excluding steroid dienone is 1. The van der Waals surface area contributed by atoms with Gasteiger partial charge in [-0.25, -0.2) is 0 Å². The van der Waals surface area contributed by atoms with Crippen LogP contribution in [0.5, 0.6) is 0 Å². The molecular weight excluding hydrogens is 254 g/mol. The molecule has 0 aliphatic heterocycles. The fourth-order valence-electron chi connectivity index (χ4n) is 3.30. The highest BCUT2D eigenvalue weighted by molar-refractivity contribution is 5.83. The zero-order valence-corrected chi connectivity index (χ0v) is 12.7. The maximum atomic E-state index is 6.48. The van der Waals surface area contributed by atoms with Crippen LogP contribution in [0.1, 0.15) is 44.1 Å². The maximum Gasteiger partial charge on any atom is 0.0294 e. The fourth-order valence-corrected chi connectivity index (χ4v) is 3.30. The molecule has 2 aromatic carbocycles. The number of hydrogen-bond donors (Lipinski definition) is 1. The van der Waals surface area contributed by atoms with Crippen LogP contribution < -0.4 is 5.73 Å². The summed E-state index contributed by atoms with van der Waals surface area (Å²) in [5.74, 6) is 0. The van der Waals surface area contributed by atoms with Gasteiger partial charge in [0.15, 0.2) is 0 Å². The molecule has 21 heavy (non-hydrogen) atoms. The molecule has 1 atom stereocenters. The van der Waals surface area contributed by atoms with Crippen molar-refractivity contribution >= 4 is 10.8 Å². The number of rotatable bonds is 3. The molecule has 2 aromatic rings. The van der Waals surface area contributed by atoms with Crippen LogP contribution in [-0.4, -0.2) is 6.04 Å². The van der Waals surface area contributed by atoms with E-state index >= 15 is 0 Å². The average Bonchev–Trinajstić information content (AvgIpc) is 2.46. The molecule has 1 nitrogen and oxygen atoms in total. The van der Waals surface area contributed by atoms with Gasteiger partial charge in [-0.3, -0.25) is 0 Å². The normalized spacial score (nSPS) is 20.3. The van der Waals surface area contributed by atoms with Crippen molar-refractivity contribution in [2.24, 2.45) is 5.73 Å². The second-order valence-corrected chi connectivity index (χ2v) is 6.22. The van der Waals surface area contributed by atoms with Gasteiger partial charge in [0.2, 0.25) is 0 Å². The summed E-state index contributed by atoms with van der Waals surface area (Å²) in [5.41, 5.74) is 9.30. The Kier molecular flexibility index (Phi) is 4.72. The Labute approximate surface area is 127 Å². The summed E-state index contributed by atoms with van der Waals surface area (Å²) in [6, 6.07) is 15.4. The first kappa shape index (κ1) is 14.3. The smallest absolute Gasteiger partial charge is 0.0294 e. The lowest BCUT2D eigenvalue weighted by atomic mass is 9.91. The molecule has 1 aliphatic rings. The van der Waals surface area contributed by atoms with E-state index in [0.717, 1.165) is 6.42 Å². The number of nitrogens with two attached hydrogens (primary N) is 1. The monoisotopic (exact) mass is 279 g/mol. The molecule has 0 spiro atoms. The van der Waals surface area contributed by atoms with Crippen molar-refractivity contribution in [1.29, 1.82) is 0 Å². The molecule has 1 unspecified atom stereocenters. The molecule has 0 aromatic heterocycles. The Hall–Kier alpha value is -1.60. The van der Waals surface area contributed by atoms with Gasteiger partial charge < -0.3 is 5.73 Å². The molecule has 2 N–H and O–H groups in total. The van der Waals surface area contributed by atoms with Crippen molar-refractivity contribution in [2.75, 3.05) is 0 Å². The minimum atomic E-state index is 0.185. The van der Waals surface area contributed by atoms with Gasteiger partial charge in [-0.15, -0.1) is 0 Å². The molecule has 0 saturated heterocycles. The summed E-state index contributed by atoms with van der Waals surface area (Å²) in [6.07, 6.45) is 11.1. The average molecular weight is 279 g/mol. The van der Waals surface area contributed by atoms with E-state index in [1.807, 2.05) is 0 Å². The third-order valence-electron chi connectivity index (χ3n) is 4.57. The van der Waals surface area contributed by atoms with Gasteiger partial charge in [0.25, 0.3) is 0 Å². The number of hydrogen-bond acceptors (Lipinski definition) is 1. The number of benzene rings is 2. The lowest BCUT2D eigenvalue weighted by molar-refractivity contribution is 0.595. The van der Waals surface area contributed by atoms with E-state index < -0.39 is 0 Å². The lowest BCUT2D eigenvalue weighted by Gasteiger charge is -2.18. The standard InChI is InChI=1S/C20H25N/c21-20(18-9-4-2-1-3-5-10-18)15-16-12-13-17-8-6-7-11-19(17)14-16/h6-9,11-14,20H,1-5,10,15,21H2/b18-9+. The lowest BCUT2D eigenvalue weighted by Crippen LogP contribution is -2.25. The first-order valence-corrected chi connectivity index (χ1v) is 8.25. The first-order chi connectivity index (χ1) is 10.3. The van der Waals surface area contributed by atoms with E-state index in [1.165, 1.54) is 60.4 Å². The van der Waals surface area contributed by atoms with E-state index in [4.69, 9.17) is 5.73 Å². The van der Waals surface area contributed by atoms with Crippen molar-refractivity contribution in [1.82, 2.24) is 0 Å². The summed E-state index contributed by atoms with van der Waals surface area (Å²) < 4.78 is 0. The largest absolute Gasteiger partial charge is 0.324 e. The van der Waals surface area contributed by atoms with Gasteiger partial charge in [0.1, 0.15) is 0 Å². The maximum absolute atomic E-state index is 6.48. The topological polar surface area (TPSA) is 26.0 Å². The Morgan fingerprint density at radius 1 is 0.905 bits per heavy atom. The zero-order valence-electron chi connectivity index (χ0n) is 12.7. The highest BCUT2D eigenvalue weighted by Gasteiger charge is 2.11. The van der Waals surface area contributed by atoms with Crippen LogP contribution in [0.4, 0.5) is 0 Å². The van der Waals surface area contributed by atoms with Crippen LogP contribution in [0.3, 0.4) is 0 Å². The molecule has 0 amide bonds. The molecule has 0 saturated carbocycles. The molecule has 3 rings (SSSR count). The Morgan fingerprint density at radius 2 is 1.71 bits per heavy atom. The van der Waals surface area contributed by atoms with Crippen molar-refractivity contribution in [3.8, 4) is 0 Å². The van der Waals surface area contributed by atoms with Gasteiger partial charge >= 0.3 is 0 Å². The predicted octanol–water partition coefficient (Wildman–Crippen LogP) is 4.99. The molecule has 0 heterocycles. The van der Waals surface area contributed by atoms with E-state index in [1.54, 1.807) is 0 Å². The van der Waals surface area contributed by atoms with Crippen molar-refractivity contribution in [3.63, 3.8) is 0 Å². The Bertz CT molecular complexity index is 627. The molecule has 1 aliphatic carbocycles. The minimum absolute atomic E-state index is 0.185. The van der Waals surface area contributed by atoms with Gasteiger partial charge in [0, 0.05) is 6.04 Å². The van der Waals surface area contributed by atoms with Crippen LogP contribution in [0.15, 0.2) is 54.1 Å². The summed E-state index contributed by atoms with van der Waals surface area (Å²) in [7, 11) is 0. The fraction of sp³-hybridized carbons (Fsp3) is 0.400. The van der Waals surface area contributed by atoms with Gasteiger partial charge in [-0.1, -0.05) is 67.0 Å². The van der Waals surface area contributed by atoms with E-state index in [-0.39, 0.29) is 6.04 Å². The highest BCUT2D eigenvalue weighted by atomic mass is 14.6. The second-order valence-electron chi connectivity index (χ2n) is 6.22. The molecule has 0 radical (unpaired) electrons. The van der Waals surface area contributed by atoms with Crippen LogP contribution in [-0.2, 0) is 6.42 Å². The Balaban J connectivity index is 1.74. The minimum Gasteiger partial charge on any atom is -0.324 e. The van der Waals surface area contributed by atoms with Crippen LogP contribution in [0, 0.1) is 0 Å². The molecule has 110 valence electrons. The van der Waals surface area contributed by atoms with Crippen LogP contribution >= 0.6 is 0 Å². The molecule has 0 fully saturated rings.